The largest absolute Gasteiger partial charge is 0.277 e. The first-order chi connectivity index (χ1) is 6.92. The molecule has 1 heterocycles. The number of rotatable bonds is 3. The van der Waals surface area contributed by atoms with Crippen molar-refractivity contribution >= 4 is 11.8 Å². The summed E-state index contributed by atoms with van der Waals surface area (Å²) >= 11 is 1.81. The zero-order chi connectivity index (χ0) is 9.80. The van der Waals surface area contributed by atoms with Crippen LogP contribution in [0.4, 0.5) is 0 Å². The van der Waals surface area contributed by atoms with Crippen LogP contribution >= 0.6 is 11.8 Å². The standard InChI is InChI=1S/C11H12N2S/c1-2-14-10-8-12-13-11(10)9-6-4-3-5-7-9/h3-8H,2H2,1H3,(H,12,13). The van der Waals surface area contributed by atoms with Crippen LogP contribution in [0.1, 0.15) is 6.92 Å². The molecule has 0 spiro atoms. The highest BCUT2D eigenvalue weighted by Crippen LogP contribution is 2.28. The molecule has 0 unspecified atom stereocenters. The molecule has 0 aliphatic heterocycles. The molecule has 1 aromatic heterocycles. The van der Waals surface area contributed by atoms with E-state index in [9.17, 15) is 0 Å². The lowest BCUT2D eigenvalue weighted by Crippen LogP contribution is -1.79. The molecule has 1 N–H and O–H groups in total. The Kier molecular flexibility index (Phi) is 2.89. The van der Waals surface area contributed by atoms with Crippen molar-refractivity contribution in [2.24, 2.45) is 0 Å². The molecule has 2 nitrogen and oxygen atoms in total. The maximum absolute atomic E-state index is 4.07. The van der Waals surface area contributed by atoms with Gasteiger partial charge in [-0.2, -0.15) is 5.10 Å². The number of H-pyrrole nitrogens is 1. The van der Waals surface area contributed by atoms with Gasteiger partial charge in [-0.25, -0.2) is 0 Å². The molecule has 0 radical (unpaired) electrons. The van der Waals surface area contributed by atoms with Crippen molar-refractivity contribution in [3.63, 3.8) is 0 Å². The van der Waals surface area contributed by atoms with E-state index < -0.39 is 0 Å². The van der Waals surface area contributed by atoms with E-state index in [2.05, 4.69) is 29.3 Å². The van der Waals surface area contributed by atoms with Gasteiger partial charge in [0, 0.05) is 5.56 Å². The average molecular weight is 204 g/mol. The Morgan fingerprint density at radius 2 is 2.07 bits per heavy atom. The molecule has 3 heteroatoms. The first kappa shape index (κ1) is 9.34. The molecule has 2 rings (SSSR count). The van der Waals surface area contributed by atoms with Gasteiger partial charge in [-0.1, -0.05) is 37.3 Å². The lowest BCUT2D eigenvalue weighted by Gasteiger charge is -2.00. The SMILES string of the molecule is CCSc1cn[nH]c1-c1ccccc1. The number of nitrogens with one attached hydrogen (secondary N) is 1. The summed E-state index contributed by atoms with van der Waals surface area (Å²) in [6.45, 7) is 2.15. The summed E-state index contributed by atoms with van der Waals surface area (Å²) < 4.78 is 0. The van der Waals surface area contributed by atoms with Gasteiger partial charge in [-0.15, -0.1) is 11.8 Å². The molecule has 0 saturated carbocycles. The fourth-order valence-electron chi connectivity index (χ4n) is 1.35. The highest BCUT2D eigenvalue weighted by molar-refractivity contribution is 7.99. The van der Waals surface area contributed by atoms with Crippen LogP contribution in [0.3, 0.4) is 0 Å². The summed E-state index contributed by atoms with van der Waals surface area (Å²) in [4.78, 5) is 1.22. The predicted octanol–water partition coefficient (Wildman–Crippen LogP) is 3.19. The fourth-order valence-corrected chi connectivity index (χ4v) is 2.10. The van der Waals surface area contributed by atoms with E-state index in [0.717, 1.165) is 11.4 Å². The van der Waals surface area contributed by atoms with Gasteiger partial charge in [0.2, 0.25) is 0 Å². The molecule has 72 valence electrons. The third kappa shape index (κ3) is 1.82. The van der Waals surface area contributed by atoms with Crippen LogP contribution in [0.2, 0.25) is 0 Å². The van der Waals surface area contributed by atoms with Crippen molar-refractivity contribution in [2.45, 2.75) is 11.8 Å². The summed E-state index contributed by atoms with van der Waals surface area (Å²) in [6, 6.07) is 10.3. The zero-order valence-corrected chi connectivity index (χ0v) is 8.84. The molecule has 0 aliphatic rings. The minimum absolute atomic E-state index is 1.07. The van der Waals surface area contributed by atoms with Gasteiger partial charge in [0.15, 0.2) is 0 Å². The quantitative estimate of drug-likeness (QED) is 0.778. The molecule has 1 aromatic carbocycles. The summed E-state index contributed by atoms with van der Waals surface area (Å²) in [5.74, 6) is 1.07. The first-order valence-corrected chi connectivity index (χ1v) is 5.62. The Hall–Kier alpha value is -1.22. The van der Waals surface area contributed by atoms with Crippen molar-refractivity contribution in [1.82, 2.24) is 10.2 Å². The second-order valence-electron chi connectivity index (χ2n) is 2.91. The molecular weight excluding hydrogens is 192 g/mol. The summed E-state index contributed by atoms with van der Waals surface area (Å²) in [6.07, 6.45) is 1.89. The molecule has 0 amide bonds. The van der Waals surface area contributed by atoms with Gasteiger partial charge < -0.3 is 0 Å². The number of aromatic nitrogens is 2. The Bertz CT molecular complexity index is 395. The smallest absolute Gasteiger partial charge is 0.0786 e. The van der Waals surface area contributed by atoms with Gasteiger partial charge >= 0.3 is 0 Å². The molecule has 0 saturated heterocycles. The monoisotopic (exact) mass is 204 g/mol. The molecular formula is C11H12N2S. The van der Waals surface area contributed by atoms with E-state index in [1.807, 2.05) is 36.2 Å². The van der Waals surface area contributed by atoms with Crippen molar-refractivity contribution in [3.05, 3.63) is 36.5 Å². The number of aromatic amines is 1. The Morgan fingerprint density at radius 3 is 2.79 bits per heavy atom. The van der Waals surface area contributed by atoms with E-state index in [-0.39, 0.29) is 0 Å². The third-order valence-corrected chi connectivity index (χ3v) is 2.88. The maximum Gasteiger partial charge on any atom is 0.0786 e. The molecule has 14 heavy (non-hydrogen) atoms. The van der Waals surface area contributed by atoms with E-state index >= 15 is 0 Å². The number of nitrogens with zero attached hydrogens (tertiary/aromatic N) is 1. The van der Waals surface area contributed by atoms with Crippen molar-refractivity contribution < 1.29 is 0 Å². The fraction of sp³-hybridized carbons (Fsp3) is 0.182. The Labute approximate surface area is 87.7 Å². The van der Waals surface area contributed by atoms with Crippen LogP contribution in [0.15, 0.2) is 41.4 Å². The van der Waals surface area contributed by atoms with E-state index in [4.69, 9.17) is 0 Å². The lowest BCUT2D eigenvalue weighted by molar-refractivity contribution is 1.10. The topological polar surface area (TPSA) is 28.7 Å². The lowest BCUT2D eigenvalue weighted by atomic mass is 10.2. The molecule has 0 aliphatic carbocycles. The minimum atomic E-state index is 1.07. The van der Waals surface area contributed by atoms with E-state index in [1.54, 1.807) is 0 Å². The summed E-state index contributed by atoms with van der Waals surface area (Å²) in [5, 5.41) is 7.11. The Morgan fingerprint density at radius 1 is 1.29 bits per heavy atom. The normalized spacial score (nSPS) is 10.4. The number of benzene rings is 1. The highest BCUT2D eigenvalue weighted by Gasteiger charge is 2.05. The van der Waals surface area contributed by atoms with Gasteiger partial charge in [-0.05, 0) is 5.75 Å². The van der Waals surface area contributed by atoms with Gasteiger partial charge in [0.25, 0.3) is 0 Å². The van der Waals surface area contributed by atoms with Crippen LogP contribution in [0.25, 0.3) is 11.3 Å². The number of thioether (sulfide) groups is 1. The molecule has 2 aromatic rings. The van der Waals surface area contributed by atoms with Crippen molar-refractivity contribution in [1.29, 1.82) is 0 Å². The maximum atomic E-state index is 4.07. The van der Waals surface area contributed by atoms with Gasteiger partial charge in [0.1, 0.15) is 0 Å². The number of hydrogen-bond acceptors (Lipinski definition) is 2. The van der Waals surface area contributed by atoms with Gasteiger partial charge in [0.05, 0.1) is 16.8 Å². The molecule has 0 fully saturated rings. The molecule has 0 atom stereocenters. The zero-order valence-electron chi connectivity index (χ0n) is 8.03. The Balaban J connectivity index is 2.37. The summed E-state index contributed by atoms with van der Waals surface area (Å²) in [7, 11) is 0. The van der Waals surface area contributed by atoms with Crippen LogP contribution in [-0.2, 0) is 0 Å². The number of hydrogen-bond donors (Lipinski definition) is 1. The van der Waals surface area contributed by atoms with E-state index in [1.165, 1.54) is 10.5 Å². The highest BCUT2D eigenvalue weighted by atomic mass is 32.2. The summed E-state index contributed by atoms with van der Waals surface area (Å²) in [5.41, 5.74) is 2.32. The second kappa shape index (κ2) is 4.33. The van der Waals surface area contributed by atoms with Crippen LogP contribution in [-0.4, -0.2) is 16.0 Å². The second-order valence-corrected chi connectivity index (χ2v) is 4.21. The third-order valence-electron chi connectivity index (χ3n) is 1.97. The van der Waals surface area contributed by atoms with Crippen LogP contribution in [0.5, 0.6) is 0 Å². The predicted molar refractivity (Wildman–Crippen MR) is 60.4 cm³/mol. The minimum Gasteiger partial charge on any atom is -0.277 e. The van der Waals surface area contributed by atoms with Crippen molar-refractivity contribution in [3.8, 4) is 11.3 Å². The average Bonchev–Trinajstić information content (AvgIpc) is 2.68. The van der Waals surface area contributed by atoms with Gasteiger partial charge in [-0.3, -0.25) is 5.10 Å². The van der Waals surface area contributed by atoms with E-state index in [0.29, 0.717) is 0 Å². The van der Waals surface area contributed by atoms with Crippen molar-refractivity contribution in [2.75, 3.05) is 5.75 Å². The van der Waals surface area contributed by atoms with Crippen LogP contribution < -0.4 is 0 Å². The van der Waals surface area contributed by atoms with Crippen LogP contribution in [0, 0.1) is 0 Å². The first-order valence-electron chi connectivity index (χ1n) is 4.63. The molecule has 0 bridgehead atoms.